The third-order valence-corrected chi connectivity index (χ3v) is 3.80. The number of hydrogen-bond acceptors (Lipinski definition) is 5. The van der Waals surface area contributed by atoms with Crippen molar-refractivity contribution >= 4 is 17.4 Å². The van der Waals surface area contributed by atoms with Crippen LogP contribution in [0.1, 0.15) is 37.8 Å². The lowest BCUT2D eigenvalue weighted by molar-refractivity contribution is -0.385. The van der Waals surface area contributed by atoms with Gasteiger partial charge in [-0.15, -0.1) is 0 Å². The van der Waals surface area contributed by atoms with Crippen LogP contribution in [0.15, 0.2) is 18.2 Å². The maximum Gasteiger partial charge on any atom is 0.372 e. The zero-order chi connectivity index (χ0) is 18.1. The van der Waals surface area contributed by atoms with Crippen LogP contribution >= 0.6 is 0 Å². The smallest absolute Gasteiger partial charge is 0.372 e. The molecule has 0 aliphatic heterocycles. The molecule has 0 aliphatic carbocycles. The molecule has 0 amide bonds. The van der Waals surface area contributed by atoms with Crippen LogP contribution in [0, 0.1) is 10.1 Å². The largest absolute Gasteiger partial charge is 0.475 e. The zero-order valence-corrected chi connectivity index (χ0v) is 14.2. The van der Waals surface area contributed by atoms with E-state index in [-0.39, 0.29) is 11.3 Å². The summed E-state index contributed by atoms with van der Waals surface area (Å²) in [6.45, 7) is 6.77. The van der Waals surface area contributed by atoms with Crippen molar-refractivity contribution in [2.24, 2.45) is 0 Å². The van der Waals surface area contributed by atoms with Crippen LogP contribution in [0.4, 0.5) is 5.69 Å². The van der Waals surface area contributed by atoms with E-state index in [1.54, 1.807) is 12.1 Å². The number of carbonyl (C=O) groups excluding carboxylic acids is 1. The second-order valence-electron chi connectivity index (χ2n) is 5.67. The number of rotatable bonds is 11. The lowest BCUT2D eigenvalue weighted by Gasteiger charge is -2.21. The number of nitro groups is 1. The molecule has 0 bridgehead atoms. The fourth-order valence-corrected chi connectivity index (χ4v) is 2.71. The zero-order valence-electron chi connectivity index (χ0n) is 14.2. The van der Waals surface area contributed by atoms with Gasteiger partial charge in [0.15, 0.2) is 0 Å². The van der Waals surface area contributed by atoms with Crippen molar-refractivity contribution in [2.75, 3.05) is 19.6 Å². The molecule has 24 heavy (non-hydrogen) atoms. The van der Waals surface area contributed by atoms with E-state index in [9.17, 15) is 19.7 Å². The van der Waals surface area contributed by atoms with Crippen LogP contribution in [-0.4, -0.2) is 46.3 Å². The number of ketones is 1. The number of carboxylic acids is 1. The van der Waals surface area contributed by atoms with Crippen LogP contribution in [0.2, 0.25) is 0 Å². The van der Waals surface area contributed by atoms with Crippen molar-refractivity contribution in [1.29, 1.82) is 0 Å². The Bertz CT molecular complexity index is 595. The second kappa shape index (κ2) is 9.77. The summed E-state index contributed by atoms with van der Waals surface area (Å²) in [5.74, 6) is -2.61. The maximum atomic E-state index is 11.5. The van der Waals surface area contributed by atoms with Gasteiger partial charge in [-0.05, 0) is 37.9 Å². The van der Waals surface area contributed by atoms with Crippen molar-refractivity contribution < 1.29 is 19.6 Å². The Morgan fingerprint density at radius 1 is 1.17 bits per heavy atom. The molecule has 1 rings (SSSR count). The SMILES string of the molecule is CCCN(CCC)CCc1cccc([N+](=O)[O-])c1CC(=O)C(=O)O. The highest BCUT2D eigenvalue weighted by atomic mass is 16.6. The Balaban J connectivity index is 3.03. The molecule has 1 aromatic carbocycles. The molecule has 0 aliphatic rings. The highest BCUT2D eigenvalue weighted by molar-refractivity contribution is 6.33. The molecule has 0 radical (unpaired) electrons. The molecule has 7 nitrogen and oxygen atoms in total. The van der Waals surface area contributed by atoms with Crippen molar-refractivity contribution in [2.45, 2.75) is 39.5 Å². The first-order chi connectivity index (χ1) is 11.4. The molecule has 0 fully saturated rings. The number of carboxylic acid groups (broad SMARTS) is 1. The van der Waals surface area contributed by atoms with Gasteiger partial charge in [-0.1, -0.05) is 26.0 Å². The molecule has 0 unspecified atom stereocenters. The topological polar surface area (TPSA) is 101 Å². The van der Waals surface area contributed by atoms with E-state index >= 15 is 0 Å². The van der Waals surface area contributed by atoms with Crippen LogP contribution in [0.5, 0.6) is 0 Å². The van der Waals surface area contributed by atoms with E-state index in [0.717, 1.165) is 32.5 Å². The van der Waals surface area contributed by atoms with Gasteiger partial charge in [0.1, 0.15) is 0 Å². The minimum atomic E-state index is -1.57. The summed E-state index contributed by atoms with van der Waals surface area (Å²) in [5, 5.41) is 20.0. The average molecular weight is 336 g/mol. The van der Waals surface area contributed by atoms with Gasteiger partial charge < -0.3 is 10.0 Å². The van der Waals surface area contributed by atoms with E-state index in [1.165, 1.54) is 6.07 Å². The van der Waals surface area contributed by atoms with Crippen molar-refractivity contribution in [3.63, 3.8) is 0 Å². The number of hydrogen-bond donors (Lipinski definition) is 1. The van der Waals surface area contributed by atoms with Crippen LogP contribution < -0.4 is 0 Å². The molecule has 1 N–H and O–H groups in total. The van der Waals surface area contributed by atoms with Gasteiger partial charge in [0.25, 0.3) is 5.69 Å². The molecule has 7 heteroatoms. The minimum absolute atomic E-state index is 0.195. The van der Waals surface area contributed by atoms with Crippen molar-refractivity contribution in [3.8, 4) is 0 Å². The summed E-state index contributed by atoms with van der Waals surface area (Å²) in [6.07, 6.45) is 2.12. The fraction of sp³-hybridized carbons (Fsp3) is 0.529. The molecular formula is C17H24N2O5. The second-order valence-corrected chi connectivity index (χ2v) is 5.67. The lowest BCUT2D eigenvalue weighted by Crippen LogP contribution is -2.28. The summed E-state index contributed by atoms with van der Waals surface area (Å²) in [6, 6.07) is 4.61. The number of nitrogens with zero attached hydrogens (tertiary/aromatic N) is 2. The quantitative estimate of drug-likeness (QED) is 0.378. The lowest BCUT2D eigenvalue weighted by atomic mass is 9.97. The molecule has 0 saturated heterocycles. The van der Waals surface area contributed by atoms with E-state index in [4.69, 9.17) is 5.11 Å². The van der Waals surface area contributed by atoms with Crippen LogP contribution in [-0.2, 0) is 22.4 Å². The van der Waals surface area contributed by atoms with E-state index in [2.05, 4.69) is 18.7 Å². The first-order valence-electron chi connectivity index (χ1n) is 8.14. The fourth-order valence-electron chi connectivity index (χ4n) is 2.71. The third kappa shape index (κ3) is 5.73. The Hall–Kier alpha value is -2.28. The summed E-state index contributed by atoms with van der Waals surface area (Å²) < 4.78 is 0. The number of benzene rings is 1. The van der Waals surface area contributed by atoms with Gasteiger partial charge in [-0.2, -0.15) is 0 Å². The Kier molecular flexibility index (Phi) is 8.05. The van der Waals surface area contributed by atoms with Gasteiger partial charge in [0.2, 0.25) is 5.78 Å². The Morgan fingerprint density at radius 2 is 1.79 bits per heavy atom. The average Bonchev–Trinajstić information content (AvgIpc) is 2.53. The molecule has 0 spiro atoms. The van der Waals surface area contributed by atoms with Crippen LogP contribution in [0.3, 0.4) is 0 Å². The standard InChI is InChI=1S/C17H24N2O5/c1-3-9-18(10-4-2)11-8-13-6-5-7-15(19(23)24)14(13)12-16(20)17(21)22/h5-7H,3-4,8-12H2,1-2H3,(H,21,22). The van der Waals surface area contributed by atoms with Gasteiger partial charge >= 0.3 is 5.97 Å². The summed E-state index contributed by atoms with van der Waals surface area (Å²) >= 11 is 0. The molecular weight excluding hydrogens is 312 g/mol. The predicted octanol–water partition coefficient (Wildman–Crippen LogP) is 2.46. The normalized spacial score (nSPS) is 10.8. The molecule has 1 aromatic rings. The van der Waals surface area contributed by atoms with Gasteiger partial charge in [0, 0.05) is 18.2 Å². The van der Waals surface area contributed by atoms with Crippen LogP contribution in [0.25, 0.3) is 0 Å². The molecule has 132 valence electrons. The monoisotopic (exact) mass is 336 g/mol. The molecule has 0 aromatic heterocycles. The third-order valence-electron chi connectivity index (χ3n) is 3.80. The summed E-state index contributed by atoms with van der Waals surface area (Å²) in [5.41, 5.74) is 0.679. The number of carbonyl (C=O) groups is 2. The van der Waals surface area contributed by atoms with E-state index in [0.29, 0.717) is 12.0 Å². The van der Waals surface area contributed by atoms with Crippen molar-refractivity contribution in [3.05, 3.63) is 39.4 Å². The van der Waals surface area contributed by atoms with E-state index in [1.807, 2.05) is 0 Å². The molecule has 0 atom stereocenters. The number of aliphatic carboxylic acids is 1. The highest BCUT2D eigenvalue weighted by Gasteiger charge is 2.23. The van der Waals surface area contributed by atoms with Crippen molar-refractivity contribution in [1.82, 2.24) is 4.90 Å². The first-order valence-corrected chi connectivity index (χ1v) is 8.14. The van der Waals surface area contributed by atoms with E-state index < -0.39 is 23.1 Å². The molecule has 0 saturated carbocycles. The predicted molar refractivity (Wildman–Crippen MR) is 90.2 cm³/mol. The van der Waals surface area contributed by atoms with Gasteiger partial charge in [-0.3, -0.25) is 14.9 Å². The van der Waals surface area contributed by atoms with Gasteiger partial charge in [0.05, 0.1) is 11.3 Å². The maximum absolute atomic E-state index is 11.5. The Morgan fingerprint density at radius 3 is 2.29 bits per heavy atom. The Labute approximate surface area is 141 Å². The van der Waals surface area contributed by atoms with Gasteiger partial charge in [-0.25, -0.2) is 4.79 Å². The summed E-state index contributed by atoms with van der Waals surface area (Å²) in [4.78, 5) is 35.3. The summed E-state index contributed by atoms with van der Waals surface area (Å²) in [7, 11) is 0. The first kappa shape index (κ1) is 19.8. The number of Topliss-reactive ketones (excluding diaryl/α,β-unsaturated/α-hetero) is 1. The highest BCUT2D eigenvalue weighted by Crippen LogP contribution is 2.24. The molecule has 0 heterocycles. The number of nitro benzene ring substituents is 1. The minimum Gasteiger partial charge on any atom is -0.475 e.